The summed E-state index contributed by atoms with van der Waals surface area (Å²) < 4.78 is 31.2. The number of nitrogens with zero attached hydrogens (tertiary/aromatic N) is 5. The van der Waals surface area contributed by atoms with Gasteiger partial charge in [-0.05, 0) is 32.9 Å². The number of aromatic nitrogens is 4. The van der Waals surface area contributed by atoms with E-state index in [0.29, 0.717) is 28.9 Å². The van der Waals surface area contributed by atoms with Crippen molar-refractivity contribution in [2.75, 3.05) is 25.9 Å². The lowest BCUT2D eigenvalue weighted by Gasteiger charge is -2.39. The van der Waals surface area contributed by atoms with Crippen LogP contribution in [0, 0.1) is 0 Å². The van der Waals surface area contributed by atoms with E-state index in [4.69, 9.17) is 24.5 Å². The van der Waals surface area contributed by atoms with Crippen LogP contribution in [0.5, 0.6) is 0 Å². The molecule has 0 bridgehead atoms. The summed E-state index contributed by atoms with van der Waals surface area (Å²) in [4.78, 5) is 21.7. The average Bonchev–Trinajstić information content (AvgIpc) is 3.44. The molecule has 5 atom stereocenters. The quantitative estimate of drug-likeness (QED) is 0.414. The van der Waals surface area contributed by atoms with Crippen LogP contribution in [0.4, 0.5) is 5.82 Å². The second-order valence-electron chi connectivity index (χ2n) is 7.85. The first-order valence-corrected chi connectivity index (χ1v) is 13.3. The Hall–Kier alpha value is -1.39. The van der Waals surface area contributed by atoms with Gasteiger partial charge in [-0.25, -0.2) is 15.0 Å². The van der Waals surface area contributed by atoms with Crippen molar-refractivity contribution in [1.82, 2.24) is 24.4 Å². The lowest BCUT2D eigenvalue weighted by molar-refractivity contribution is -0.0362. The molecule has 34 heavy (non-hydrogen) atoms. The normalized spacial score (nSPS) is 20.8. The number of hydrogen-bond donors (Lipinski definition) is 3. The number of aliphatic hydroxyl groups is 1. The maximum atomic E-state index is 10.4. The molecule has 3 rings (SSSR count). The third-order valence-electron chi connectivity index (χ3n) is 6.49. The van der Waals surface area contributed by atoms with E-state index < -0.39 is 35.8 Å². The van der Waals surface area contributed by atoms with Crippen molar-refractivity contribution in [3.63, 3.8) is 0 Å². The molecule has 1 fully saturated rings. The first kappa shape index (κ1) is 30.6. The molecule has 196 valence electrons. The molecule has 4 N–H and O–H groups in total. The molecule has 0 saturated carbocycles. The Labute approximate surface area is 203 Å². The van der Waals surface area contributed by atoms with Crippen LogP contribution in [0.1, 0.15) is 59.6 Å². The van der Waals surface area contributed by atoms with Gasteiger partial charge >= 0.3 is 0 Å². The highest BCUT2D eigenvalue weighted by molar-refractivity contribution is 7.17. The third-order valence-corrected chi connectivity index (χ3v) is 6.82. The molecule has 2 unspecified atom stereocenters. The van der Waals surface area contributed by atoms with Gasteiger partial charge in [0.1, 0.15) is 24.2 Å². The van der Waals surface area contributed by atoms with Gasteiger partial charge in [0, 0.05) is 12.0 Å². The monoisotopic (exact) mass is 522 g/mol. The molecular formula is C20H40N6O6P2. The van der Waals surface area contributed by atoms with Crippen LogP contribution in [0.25, 0.3) is 11.2 Å². The summed E-state index contributed by atoms with van der Waals surface area (Å²) >= 11 is 0. The fraction of sp³-hybridized carbons (Fsp3) is 0.750. The van der Waals surface area contributed by atoms with Crippen LogP contribution in [-0.2, 0) is 18.4 Å². The molecule has 0 aromatic carbocycles. The van der Waals surface area contributed by atoms with Crippen molar-refractivity contribution in [3.05, 3.63) is 12.7 Å². The molecule has 2 aromatic heterocycles. The summed E-state index contributed by atoms with van der Waals surface area (Å²) in [5, 5.41) is 9.92. The second-order valence-corrected chi connectivity index (χ2v) is 8.59. The predicted octanol–water partition coefficient (Wildman–Crippen LogP) is 2.30. The summed E-state index contributed by atoms with van der Waals surface area (Å²) in [6, 6.07) is 0. The Kier molecular flexibility index (Phi) is 14.0. The highest BCUT2D eigenvalue weighted by atomic mass is 31.1. The molecular weight excluding hydrogens is 482 g/mol. The van der Waals surface area contributed by atoms with E-state index in [1.165, 1.54) is 25.6 Å². The van der Waals surface area contributed by atoms with Crippen LogP contribution in [0.3, 0.4) is 0 Å². The molecule has 14 heteroatoms. The largest absolute Gasteiger partial charge is 0.390 e. The standard InChI is InChI=1S/C10H14N5O4P.C10H23N.H3O2P/c11-9-8-10(13-3-12-9)15(4-14-8)7-1-5(16)6(19-7)2-18-20-17;1-6-10(7-2,8-3)11(5)9-4;1-3-2/h3-7,16H,1-2,20H2,(H2,11,12,13);6-9H2,1-5H3;3H2,(H,1,2)/t5-,6+,7+;;/m0../s1. The SMILES string of the molecule is CCN(C)C(CC)(CC)CC.Nc1ncnc2c1ncn2[C@H]1C[C@H](O)[C@@H](CO[PH2]=O)O1.O=[PH2]O. The van der Waals surface area contributed by atoms with Gasteiger partial charge in [-0.3, -0.25) is 13.7 Å². The van der Waals surface area contributed by atoms with Crippen molar-refractivity contribution < 1.29 is 28.4 Å². The van der Waals surface area contributed by atoms with Gasteiger partial charge in [0.05, 0.1) is 19.0 Å². The van der Waals surface area contributed by atoms with Crippen molar-refractivity contribution in [3.8, 4) is 0 Å². The Balaban J connectivity index is 0.000000352. The molecule has 1 aliphatic rings. The molecule has 3 heterocycles. The van der Waals surface area contributed by atoms with Gasteiger partial charge in [0.25, 0.3) is 0 Å². The fourth-order valence-corrected chi connectivity index (χ4v) is 4.41. The smallest absolute Gasteiger partial charge is 0.180 e. The van der Waals surface area contributed by atoms with Gasteiger partial charge in [0.15, 0.2) is 28.8 Å². The molecule has 0 radical (unpaired) electrons. The Morgan fingerprint density at radius 3 is 2.35 bits per heavy atom. The molecule has 1 saturated heterocycles. The Morgan fingerprint density at radius 1 is 1.24 bits per heavy atom. The van der Waals surface area contributed by atoms with E-state index in [0.717, 1.165) is 6.54 Å². The van der Waals surface area contributed by atoms with E-state index in [1.54, 1.807) is 10.9 Å². The first-order valence-electron chi connectivity index (χ1n) is 11.4. The number of rotatable bonds is 9. The number of imidazole rings is 1. The maximum Gasteiger partial charge on any atom is 0.180 e. The number of nitrogens with two attached hydrogens (primary N) is 1. The average molecular weight is 523 g/mol. The molecule has 0 aliphatic carbocycles. The molecule has 1 aliphatic heterocycles. The van der Waals surface area contributed by atoms with E-state index in [9.17, 15) is 9.67 Å². The summed E-state index contributed by atoms with van der Waals surface area (Å²) in [5.41, 5.74) is 7.23. The van der Waals surface area contributed by atoms with E-state index >= 15 is 0 Å². The van der Waals surface area contributed by atoms with Gasteiger partial charge in [0.2, 0.25) is 0 Å². The van der Waals surface area contributed by atoms with Crippen LogP contribution in [0.15, 0.2) is 12.7 Å². The lowest BCUT2D eigenvalue weighted by atomic mass is 9.88. The van der Waals surface area contributed by atoms with Crippen molar-refractivity contribution in [2.24, 2.45) is 0 Å². The maximum absolute atomic E-state index is 10.4. The molecule has 0 amide bonds. The topological polar surface area (TPSA) is 166 Å². The zero-order valence-electron chi connectivity index (χ0n) is 20.6. The number of aliphatic hydroxyl groups excluding tert-OH is 1. The number of ether oxygens (including phenoxy) is 1. The highest BCUT2D eigenvalue weighted by Gasteiger charge is 2.36. The van der Waals surface area contributed by atoms with Gasteiger partial charge < -0.3 is 29.9 Å². The molecule has 0 spiro atoms. The van der Waals surface area contributed by atoms with Crippen molar-refractivity contribution >= 4 is 34.4 Å². The molecule has 2 aromatic rings. The van der Waals surface area contributed by atoms with Crippen LogP contribution >= 0.6 is 17.4 Å². The van der Waals surface area contributed by atoms with E-state index in [2.05, 4.69) is 54.6 Å². The second kappa shape index (κ2) is 15.6. The Morgan fingerprint density at radius 2 is 1.85 bits per heavy atom. The lowest BCUT2D eigenvalue weighted by Crippen LogP contribution is -2.44. The van der Waals surface area contributed by atoms with Crippen molar-refractivity contribution in [1.29, 1.82) is 0 Å². The summed E-state index contributed by atoms with van der Waals surface area (Å²) in [5.74, 6) is 0.294. The summed E-state index contributed by atoms with van der Waals surface area (Å²) in [6.45, 7) is 10.4. The first-order chi connectivity index (χ1) is 16.3. The van der Waals surface area contributed by atoms with Gasteiger partial charge in [-0.1, -0.05) is 27.7 Å². The number of anilines is 1. The number of nitrogen functional groups attached to an aromatic ring is 1. The van der Waals surface area contributed by atoms with Crippen molar-refractivity contribution in [2.45, 2.75) is 77.4 Å². The minimum atomic E-state index is -1.50. The van der Waals surface area contributed by atoms with Gasteiger partial charge in [-0.15, -0.1) is 0 Å². The number of hydrogen-bond acceptors (Lipinski definition) is 10. The van der Waals surface area contributed by atoms with E-state index in [1.807, 2.05) is 0 Å². The fourth-order valence-electron chi connectivity index (χ4n) is 4.15. The van der Waals surface area contributed by atoms with E-state index in [-0.39, 0.29) is 6.61 Å². The predicted molar refractivity (Wildman–Crippen MR) is 135 cm³/mol. The number of fused-ring (bicyclic) bond motifs is 1. The summed E-state index contributed by atoms with van der Waals surface area (Å²) in [6.07, 6.45) is 5.45. The highest BCUT2D eigenvalue weighted by Crippen LogP contribution is 2.31. The Bertz CT molecular complexity index is 876. The summed E-state index contributed by atoms with van der Waals surface area (Å²) in [7, 11) is -0.579. The van der Waals surface area contributed by atoms with Crippen LogP contribution in [0.2, 0.25) is 0 Å². The van der Waals surface area contributed by atoms with Crippen LogP contribution in [-0.4, -0.2) is 72.4 Å². The zero-order valence-corrected chi connectivity index (χ0v) is 22.9. The van der Waals surface area contributed by atoms with Crippen LogP contribution < -0.4 is 5.73 Å². The van der Waals surface area contributed by atoms with Gasteiger partial charge in [-0.2, -0.15) is 0 Å². The minimum absolute atomic E-state index is 0.0975. The molecule has 12 nitrogen and oxygen atoms in total. The third kappa shape index (κ3) is 7.81. The zero-order chi connectivity index (χ0) is 25.7. The minimum Gasteiger partial charge on any atom is -0.390 e.